The van der Waals surface area contributed by atoms with Crippen molar-refractivity contribution in [3.8, 4) is 0 Å². The lowest BCUT2D eigenvalue weighted by Crippen LogP contribution is -2.37. The summed E-state index contributed by atoms with van der Waals surface area (Å²) >= 11 is 0. The Balaban J connectivity index is 1.75. The van der Waals surface area contributed by atoms with Crippen molar-refractivity contribution in [2.24, 2.45) is 4.99 Å². The van der Waals surface area contributed by atoms with Gasteiger partial charge in [0.25, 0.3) is 5.69 Å². The van der Waals surface area contributed by atoms with Crippen LogP contribution in [-0.2, 0) is 4.79 Å². The highest BCUT2D eigenvalue weighted by atomic mass is 16.6. The molecule has 0 aromatic heterocycles. The fraction of sp³-hybridized carbons (Fsp3) is 0.0385. The molecule has 0 fully saturated rings. The summed E-state index contributed by atoms with van der Waals surface area (Å²) in [7, 11) is 0. The molecule has 0 amide bonds. The third kappa shape index (κ3) is 3.63. The number of carboxylic acids is 1. The number of nitro benzene ring substituents is 1. The van der Waals surface area contributed by atoms with Crippen LogP contribution in [-0.4, -0.2) is 21.7 Å². The maximum absolute atomic E-state index is 12.2. The number of nitro groups is 1. The lowest BCUT2D eigenvalue weighted by molar-refractivity contribution is -0.384. The number of benzene rings is 3. The Morgan fingerprint density at radius 1 is 1.03 bits per heavy atom. The average molecular weight is 435 g/mol. The minimum atomic E-state index is -1.11. The first-order valence-electron chi connectivity index (χ1n) is 10.2. The van der Waals surface area contributed by atoms with E-state index in [1.807, 2.05) is 59.5 Å². The normalized spacial score (nSPS) is 16.2. The molecule has 2 aliphatic heterocycles. The van der Waals surface area contributed by atoms with E-state index in [0.717, 1.165) is 16.8 Å². The van der Waals surface area contributed by atoms with Crippen molar-refractivity contribution >= 4 is 34.8 Å². The van der Waals surface area contributed by atoms with Crippen LogP contribution >= 0.6 is 0 Å². The summed E-state index contributed by atoms with van der Waals surface area (Å²) < 4.78 is 0. The average Bonchev–Trinajstić information content (AvgIpc) is 3.21. The van der Waals surface area contributed by atoms with Crippen LogP contribution in [0.4, 0.5) is 17.1 Å². The van der Waals surface area contributed by atoms with Crippen molar-refractivity contribution < 1.29 is 14.8 Å². The number of para-hydroxylation sites is 1. The third-order valence-corrected chi connectivity index (χ3v) is 5.55. The summed E-state index contributed by atoms with van der Waals surface area (Å²) in [4.78, 5) is 29.4. The van der Waals surface area contributed by atoms with Gasteiger partial charge in [0, 0.05) is 23.4 Å². The standard InChI is InChI=1S/C26H17N3O4/c30-26(31)21-16-23-25(20-8-4-5-9-22(20)27-23)28(18-11-13-19(14-12-18)29(32)33)24(21)15-10-17-6-2-1-3-7-17/h1-14,16,25H,(H,30,31). The van der Waals surface area contributed by atoms with Gasteiger partial charge in [-0.3, -0.25) is 15.1 Å². The monoisotopic (exact) mass is 435 g/mol. The highest BCUT2D eigenvalue weighted by molar-refractivity contribution is 6.15. The Bertz CT molecular complexity index is 1400. The van der Waals surface area contributed by atoms with E-state index in [2.05, 4.69) is 10.7 Å². The van der Waals surface area contributed by atoms with Crippen LogP contribution in [0.3, 0.4) is 0 Å². The van der Waals surface area contributed by atoms with E-state index in [9.17, 15) is 20.0 Å². The molecular formula is C26H17N3O4. The number of fused-ring (bicyclic) bond motifs is 3. The Morgan fingerprint density at radius 3 is 2.42 bits per heavy atom. The van der Waals surface area contributed by atoms with E-state index in [1.54, 1.807) is 24.3 Å². The topological polar surface area (TPSA) is 96.0 Å². The molecule has 0 radical (unpaired) electrons. The summed E-state index contributed by atoms with van der Waals surface area (Å²) in [5, 5.41) is 21.2. The molecular weight excluding hydrogens is 418 g/mol. The van der Waals surface area contributed by atoms with Gasteiger partial charge in [0.2, 0.25) is 0 Å². The fourth-order valence-electron chi connectivity index (χ4n) is 4.06. The highest BCUT2D eigenvalue weighted by Crippen LogP contribution is 2.46. The van der Waals surface area contributed by atoms with Crippen LogP contribution in [0.25, 0.3) is 6.08 Å². The molecule has 2 heterocycles. The molecule has 1 unspecified atom stereocenters. The number of nitrogens with zero attached hydrogens (tertiary/aromatic N) is 3. The molecule has 7 nitrogen and oxygen atoms in total. The number of carbonyl (C=O) groups is 1. The molecule has 7 heteroatoms. The van der Waals surface area contributed by atoms with Crippen molar-refractivity contribution in [1.29, 1.82) is 0 Å². The van der Waals surface area contributed by atoms with Gasteiger partial charge >= 0.3 is 5.97 Å². The number of anilines is 1. The minimum Gasteiger partial charge on any atom is -0.478 e. The second kappa shape index (κ2) is 8.07. The van der Waals surface area contributed by atoms with Gasteiger partial charge in [0.15, 0.2) is 0 Å². The van der Waals surface area contributed by atoms with Gasteiger partial charge in [0.1, 0.15) is 11.7 Å². The quantitative estimate of drug-likeness (QED) is 0.334. The second-order valence-electron chi connectivity index (χ2n) is 7.55. The smallest absolute Gasteiger partial charge is 0.338 e. The van der Waals surface area contributed by atoms with Crippen LogP contribution in [0.15, 0.2) is 107 Å². The van der Waals surface area contributed by atoms with E-state index >= 15 is 0 Å². The molecule has 160 valence electrons. The van der Waals surface area contributed by atoms with Crippen LogP contribution in [0.5, 0.6) is 0 Å². The highest BCUT2D eigenvalue weighted by Gasteiger charge is 2.40. The number of non-ortho nitro benzene ring substituents is 1. The maximum atomic E-state index is 12.2. The molecule has 5 rings (SSSR count). The number of hydrogen-bond donors (Lipinski definition) is 1. The van der Waals surface area contributed by atoms with Crippen molar-refractivity contribution in [3.05, 3.63) is 123 Å². The van der Waals surface area contributed by atoms with E-state index in [0.29, 0.717) is 17.1 Å². The molecule has 3 aromatic carbocycles. The number of aliphatic imine (C=N–C) groups is 1. The van der Waals surface area contributed by atoms with E-state index in [-0.39, 0.29) is 17.3 Å². The third-order valence-electron chi connectivity index (χ3n) is 5.55. The SMILES string of the molecule is O=C(O)C1=CC2=Nc3ccccc3C2N(c2ccc([N+](=O)[O-])cc2)C1=C=Cc1ccccc1. The van der Waals surface area contributed by atoms with Crippen molar-refractivity contribution in [1.82, 2.24) is 0 Å². The van der Waals surface area contributed by atoms with E-state index in [1.165, 1.54) is 12.1 Å². The molecule has 1 N–H and O–H groups in total. The summed E-state index contributed by atoms with van der Waals surface area (Å²) in [5.74, 6) is -1.11. The number of carboxylic acid groups (broad SMARTS) is 1. The zero-order chi connectivity index (χ0) is 22.9. The van der Waals surface area contributed by atoms with E-state index in [4.69, 9.17) is 0 Å². The first-order chi connectivity index (χ1) is 16.0. The van der Waals surface area contributed by atoms with E-state index < -0.39 is 10.9 Å². The summed E-state index contributed by atoms with van der Waals surface area (Å²) in [6, 6.07) is 22.8. The molecule has 0 saturated heterocycles. The Labute approximate surface area is 189 Å². The lowest BCUT2D eigenvalue weighted by atomic mass is 9.92. The first-order valence-corrected chi connectivity index (χ1v) is 10.2. The summed E-state index contributed by atoms with van der Waals surface area (Å²) in [6.45, 7) is 0. The van der Waals surface area contributed by atoms with Gasteiger partial charge in [-0.05, 0) is 35.9 Å². The largest absolute Gasteiger partial charge is 0.478 e. The fourth-order valence-corrected chi connectivity index (χ4v) is 4.06. The number of hydrogen-bond acceptors (Lipinski definition) is 5. The zero-order valence-corrected chi connectivity index (χ0v) is 17.3. The van der Waals surface area contributed by atoms with Gasteiger partial charge in [-0.25, -0.2) is 4.79 Å². The van der Waals surface area contributed by atoms with Crippen molar-refractivity contribution in [3.63, 3.8) is 0 Å². The second-order valence-corrected chi connectivity index (χ2v) is 7.55. The van der Waals surface area contributed by atoms with Crippen LogP contribution in [0.1, 0.15) is 17.2 Å². The molecule has 0 aliphatic carbocycles. The van der Waals surface area contributed by atoms with Gasteiger partial charge < -0.3 is 10.0 Å². The summed E-state index contributed by atoms with van der Waals surface area (Å²) in [5.41, 5.74) is 7.27. The Morgan fingerprint density at radius 2 is 1.73 bits per heavy atom. The van der Waals surface area contributed by atoms with Crippen LogP contribution in [0, 0.1) is 10.1 Å². The maximum Gasteiger partial charge on any atom is 0.338 e. The molecule has 0 saturated carbocycles. The predicted molar refractivity (Wildman–Crippen MR) is 126 cm³/mol. The minimum absolute atomic E-state index is 0.0448. The molecule has 0 spiro atoms. The van der Waals surface area contributed by atoms with Crippen LogP contribution < -0.4 is 4.90 Å². The Hall–Kier alpha value is -4.74. The molecule has 2 aliphatic rings. The van der Waals surface area contributed by atoms with Gasteiger partial charge in [0.05, 0.1) is 21.9 Å². The number of aliphatic carboxylic acids is 1. The molecule has 3 aromatic rings. The van der Waals surface area contributed by atoms with Gasteiger partial charge in [-0.2, -0.15) is 0 Å². The Kier molecular flexibility index (Phi) is 4.94. The first kappa shape index (κ1) is 20.2. The van der Waals surface area contributed by atoms with Crippen molar-refractivity contribution in [2.75, 3.05) is 4.90 Å². The molecule has 33 heavy (non-hydrogen) atoms. The zero-order valence-electron chi connectivity index (χ0n) is 17.3. The van der Waals surface area contributed by atoms with Gasteiger partial charge in [-0.15, -0.1) is 0 Å². The lowest BCUT2D eigenvalue weighted by Gasteiger charge is -2.36. The number of rotatable bonds is 4. The predicted octanol–water partition coefficient (Wildman–Crippen LogP) is 5.45. The summed E-state index contributed by atoms with van der Waals surface area (Å²) in [6.07, 6.45) is 3.31. The molecule has 0 bridgehead atoms. The van der Waals surface area contributed by atoms with Gasteiger partial charge in [-0.1, -0.05) is 54.3 Å². The van der Waals surface area contributed by atoms with Crippen LogP contribution in [0.2, 0.25) is 0 Å². The molecule has 1 atom stereocenters. The van der Waals surface area contributed by atoms with Crippen molar-refractivity contribution in [2.45, 2.75) is 6.04 Å².